The molecule has 0 fully saturated rings. The minimum absolute atomic E-state index is 0.311. The first kappa shape index (κ1) is 10.4. The molecule has 0 atom stereocenters. The van der Waals surface area contributed by atoms with Crippen LogP contribution in [-0.4, -0.2) is 19.0 Å². The van der Waals surface area contributed by atoms with Gasteiger partial charge in [-0.15, -0.1) is 0 Å². The standard InChI is InChI=1S/C12H11NO3/c1-8-13-11(12(14)16-8)7-9-4-3-5-10(6-9)15-2/h3-7H,1-2H3. The van der Waals surface area contributed by atoms with Crippen molar-refractivity contribution in [2.75, 3.05) is 7.11 Å². The van der Waals surface area contributed by atoms with Crippen LogP contribution in [0.15, 0.2) is 35.0 Å². The van der Waals surface area contributed by atoms with E-state index in [0.717, 1.165) is 11.3 Å². The van der Waals surface area contributed by atoms with E-state index >= 15 is 0 Å². The molecule has 16 heavy (non-hydrogen) atoms. The van der Waals surface area contributed by atoms with Gasteiger partial charge in [-0.05, 0) is 23.8 Å². The summed E-state index contributed by atoms with van der Waals surface area (Å²) in [7, 11) is 1.60. The predicted molar refractivity (Wildman–Crippen MR) is 60.2 cm³/mol. The fourth-order valence-electron chi connectivity index (χ4n) is 1.40. The summed E-state index contributed by atoms with van der Waals surface area (Å²) in [6.07, 6.45) is 1.67. The smallest absolute Gasteiger partial charge is 0.363 e. The Hall–Kier alpha value is -2.10. The van der Waals surface area contributed by atoms with E-state index in [9.17, 15) is 4.79 Å². The largest absolute Gasteiger partial charge is 0.497 e. The molecule has 1 heterocycles. The lowest BCUT2D eigenvalue weighted by molar-refractivity contribution is -0.130. The second-order valence-electron chi connectivity index (χ2n) is 3.33. The maximum atomic E-state index is 11.3. The van der Waals surface area contributed by atoms with Crippen LogP contribution in [0.5, 0.6) is 5.75 Å². The van der Waals surface area contributed by atoms with E-state index in [4.69, 9.17) is 9.47 Å². The number of nitrogens with zero attached hydrogens (tertiary/aromatic N) is 1. The molecule has 82 valence electrons. The zero-order chi connectivity index (χ0) is 11.5. The van der Waals surface area contributed by atoms with Crippen molar-refractivity contribution in [2.24, 2.45) is 4.99 Å². The lowest BCUT2D eigenvalue weighted by atomic mass is 10.2. The van der Waals surface area contributed by atoms with Gasteiger partial charge >= 0.3 is 5.97 Å². The van der Waals surface area contributed by atoms with E-state index < -0.39 is 5.97 Å². The number of rotatable bonds is 2. The van der Waals surface area contributed by atoms with Gasteiger partial charge in [-0.2, -0.15) is 0 Å². The van der Waals surface area contributed by atoms with E-state index in [1.807, 2.05) is 24.3 Å². The lowest BCUT2D eigenvalue weighted by Crippen LogP contribution is -1.99. The van der Waals surface area contributed by atoms with Crippen molar-refractivity contribution in [2.45, 2.75) is 6.92 Å². The molecule has 0 N–H and O–H groups in total. The Morgan fingerprint density at radius 1 is 1.44 bits per heavy atom. The van der Waals surface area contributed by atoms with Gasteiger partial charge in [0.25, 0.3) is 0 Å². The predicted octanol–water partition coefficient (Wildman–Crippen LogP) is 2.01. The molecule has 0 spiro atoms. The second kappa shape index (κ2) is 4.18. The molecule has 0 aromatic heterocycles. The molecule has 1 aromatic rings. The maximum Gasteiger partial charge on any atom is 0.363 e. The number of carbonyl (C=O) groups is 1. The summed E-state index contributed by atoms with van der Waals surface area (Å²) < 4.78 is 9.90. The number of ether oxygens (including phenoxy) is 2. The van der Waals surface area contributed by atoms with Crippen molar-refractivity contribution in [1.29, 1.82) is 0 Å². The first-order chi connectivity index (χ1) is 7.69. The molecule has 0 saturated heterocycles. The van der Waals surface area contributed by atoms with Crippen molar-refractivity contribution in [3.05, 3.63) is 35.5 Å². The Balaban J connectivity index is 2.32. The van der Waals surface area contributed by atoms with Crippen molar-refractivity contribution in [3.8, 4) is 5.75 Å². The number of carbonyl (C=O) groups excluding carboxylic acids is 1. The van der Waals surface area contributed by atoms with Gasteiger partial charge in [0, 0.05) is 6.92 Å². The first-order valence-electron chi connectivity index (χ1n) is 4.82. The molecule has 4 heteroatoms. The van der Waals surface area contributed by atoms with Gasteiger partial charge in [0.2, 0.25) is 0 Å². The summed E-state index contributed by atoms with van der Waals surface area (Å²) >= 11 is 0. The quantitative estimate of drug-likeness (QED) is 0.562. The summed E-state index contributed by atoms with van der Waals surface area (Å²) in [5, 5.41) is 0. The van der Waals surface area contributed by atoms with Crippen LogP contribution in [-0.2, 0) is 9.53 Å². The summed E-state index contributed by atoms with van der Waals surface area (Å²) in [6, 6.07) is 7.38. The first-order valence-corrected chi connectivity index (χ1v) is 4.82. The van der Waals surface area contributed by atoms with E-state index in [1.54, 1.807) is 20.1 Å². The van der Waals surface area contributed by atoms with Gasteiger partial charge in [-0.25, -0.2) is 9.79 Å². The van der Waals surface area contributed by atoms with Crippen LogP contribution in [0.2, 0.25) is 0 Å². The maximum absolute atomic E-state index is 11.3. The van der Waals surface area contributed by atoms with Crippen LogP contribution in [0.25, 0.3) is 6.08 Å². The van der Waals surface area contributed by atoms with Crippen LogP contribution < -0.4 is 4.74 Å². The molecule has 1 aromatic carbocycles. The van der Waals surface area contributed by atoms with Crippen LogP contribution in [0.4, 0.5) is 0 Å². The van der Waals surface area contributed by atoms with Crippen molar-refractivity contribution in [1.82, 2.24) is 0 Å². The van der Waals surface area contributed by atoms with E-state index in [0.29, 0.717) is 11.6 Å². The topological polar surface area (TPSA) is 47.9 Å². The number of methoxy groups -OCH3 is 1. The number of cyclic esters (lactones) is 1. The SMILES string of the molecule is COc1cccc(C=C2N=C(C)OC2=O)c1. The second-order valence-corrected chi connectivity index (χ2v) is 3.33. The highest BCUT2D eigenvalue weighted by molar-refractivity contribution is 6.06. The Labute approximate surface area is 93.2 Å². The van der Waals surface area contributed by atoms with Crippen molar-refractivity contribution >= 4 is 17.9 Å². The van der Waals surface area contributed by atoms with Crippen LogP contribution in [0.3, 0.4) is 0 Å². The molecular weight excluding hydrogens is 206 g/mol. The Bertz CT molecular complexity index is 489. The van der Waals surface area contributed by atoms with Gasteiger partial charge in [0.05, 0.1) is 7.11 Å². The monoisotopic (exact) mass is 217 g/mol. The molecule has 0 aliphatic carbocycles. The third-order valence-electron chi connectivity index (χ3n) is 2.12. The molecule has 0 bridgehead atoms. The summed E-state index contributed by atoms with van der Waals surface area (Å²) in [5.74, 6) is 0.695. The highest BCUT2D eigenvalue weighted by Crippen LogP contribution is 2.18. The number of hydrogen-bond acceptors (Lipinski definition) is 4. The molecule has 1 aliphatic heterocycles. The van der Waals surface area contributed by atoms with Crippen LogP contribution in [0.1, 0.15) is 12.5 Å². The Morgan fingerprint density at radius 2 is 2.25 bits per heavy atom. The molecular formula is C12H11NO3. The highest BCUT2D eigenvalue weighted by atomic mass is 16.6. The van der Waals surface area contributed by atoms with Gasteiger partial charge in [0.1, 0.15) is 5.75 Å². The number of aliphatic imine (C=N–C) groups is 1. The molecule has 0 amide bonds. The third-order valence-corrected chi connectivity index (χ3v) is 2.12. The minimum Gasteiger partial charge on any atom is -0.497 e. The summed E-state index contributed by atoms with van der Waals surface area (Å²) in [5.41, 5.74) is 1.16. The molecule has 1 aliphatic rings. The van der Waals surface area contributed by atoms with Gasteiger partial charge in [-0.3, -0.25) is 0 Å². The molecule has 0 radical (unpaired) electrons. The van der Waals surface area contributed by atoms with E-state index in [1.165, 1.54) is 0 Å². The fourth-order valence-corrected chi connectivity index (χ4v) is 1.40. The van der Waals surface area contributed by atoms with E-state index in [2.05, 4.69) is 4.99 Å². The van der Waals surface area contributed by atoms with Gasteiger partial charge in [0.15, 0.2) is 11.6 Å². The van der Waals surface area contributed by atoms with Gasteiger partial charge in [-0.1, -0.05) is 12.1 Å². The van der Waals surface area contributed by atoms with Crippen LogP contribution in [0, 0.1) is 0 Å². The molecule has 2 rings (SSSR count). The number of hydrogen-bond donors (Lipinski definition) is 0. The molecule has 0 unspecified atom stereocenters. The summed E-state index contributed by atoms with van der Waals surface area (Å²) in [4.78, 5) is 15.3. The van der Waals surface area contributed by atoms with Crippen molar-refractivity contribution in [3.63, 3.8) is 0 Å². The van der Waals surface area contributed by atoms with E-state index in [-0.39, 0.29) is 0 Å². The van der Waals surface area contributed by atoms with Gasteiger partial charge < -0.3 is 9.47 Å². The normalized spacial score (nSPS) is 17.2. The number of benzene rings is 1. The zero-order valence-corrected chi connectivity index (χ0v) is 9.06. The van der Waals surface area contributed by atoms with Crippen LogP contribution >= 0.6 is 0 Å². The molecule has 4 nitrogen and oxygen atoms in total. The third kappa shape index (κ3) is 2.11. The Kier molecular flexibility index (Phi) is 2.72. The minimum atomic E-state index is -0.416. The number of esters is 1. The van der Waals surface area contributed by atoms with Crippen molar-refractivity contribution < 1.29 is 14.3 Å². The lowest BCUT2D eigenvalue weighted by Gasteiger charge is -2.00. The molecule has 0 saturated carbocycles. The summed E-state index contributed by atoms with van der Waals surface area (Å²) in [6.45, 7) is 1.64. The highest BCUT2D eigenvalue weighted by Gasteiger charge is 2.19. The average Bonchev–Trinajstić information content (AvgIpc) is 2.58. The average molecular weight is 217 g/mol. The fraction of sp³-hybridized carbons (Fsp3) is 0.167. The zero-order valence-electron chi connectivity index (χ0n) is 9.06. The Morgan fingerprint density at radius 3 is 2.88 bits per heavy atom.